The van der Waals surface area contributed by atoms with Crippen LogP contribution in [0.2, 0.25) is 0 Å². The zero-order valence-electron chi connectivity index (χ0n) is 9.95. The summed E-state index contributed by atoms with van der Waals surface area (Å²) in [6.45, 7) is 0. The highest BCUT2D eigenvalue weighted by Gasteiger charge is 2.11. The third kappa shape index (κ3) is 2.04. The average molecular weight is 250 g/mol. The summed E-state index contributed by atoms with van der Waals surface area (Å²) in [5.74, 6) is -0.960. The third-order valence-corrected chi connectivity index (χ3v) is 2.97. The van der Waals surface area contributed by atoms with E-state index in [9.17, 15) is 9.90 Å². The van der Waals surface area contributed by atoms with Crippen molar-refractivity contribution in [3.05, 3.63) is 60.6 Å². The lowest BCUT2D eigenvalue weighted by atomic mass is 10.0. The molecule has 0 amide bonds. The molecule has 0 saturated heterocycles. The summed E-state index contributed by atoms with van der Waals surface area (Å²) in [7, 11) is 0. The summed E-state index contributed by atoms with van der Waals surface area (Å²) < 4.78 is 0. The number of fused-ring (bicyclic) bond motifs is 1. The van der Waals surface area contributed by atoms with Crippen LogP contribution in [-0.4, -0.2) is 21.0 Å². The van der Waals surface area contributed by atoms with Crippen molar-refractivity contribution in [2.45, 2.75) is 0 Å². The van der Waals surface area contributed by atoms with Crippen LogP contribution in [0.15, 0.2) is 55.0 Å². The van der Waals surface area contributed by atoms with Gasteiger partial charge in [0.05, 0.1) is 11.1 Å². The maximum atomic E-state index is 11.2. The Morgan fingerprint density at radius 3 is 2.84 bits per heavy atom. The first-order valence-corrected chi connectivity index (χ1v) is 5.78. The molecule has 3 rings (SSSR count). The molecule has 2 heterocycles. The van der Waals surface area contributed by atoms with Gasteiger partial charge in [0.25, 0.3) is 0 Å². The van der Waals surface area contributed by atoms with E-state index in [-0.39, 0.29) is 5.56 Å². The Morgan fingerprint density at radius 2 is 2.00 bits per heavy atom. The van der Waals surface area contributed by atoms with E-state index in [1.54, 1.807) is 12.4 Å². The van der Waals surface area contributed by atoms with Gasteiger partial charge in [0.1, 0.15) is 0 Å². The first-order valence-electron chi connectivity index (χ1n) is 5.78. The number of hydrogen-bond acceptors (Lipinski definition) is 3. The van der Waals surface area contributed by atoms with E-state index in [2.05, 4.69) is 9.97 Å². The van der Waals surface area contributed by atoms with Gasteiger partial charge in [-0.25, -0.2) is 4.79 Å². The predicted octanol–water partition coefficient (Wildman–Crippen LogP) is 3.00. The molecule has 0 aliphatic rings. The van der Waals surface area contributed by atoms with Gasteiger partial charge in [0.15, 0.2) is 0 Å². The van der Waals surface area contributed by atoms with Crippen LogP contribution >= 0.6 is 0 Å². The van der Waals surface area contributed by atoms with Gasteiger partial charge in [-0.05, 0) is 23.8 Å². The lowest BCUT2D eigenvalue weighted by Crippen LogP contribution is -1.99. The molecule has 0 aliphatic heterocycles. The summed E-state index contributed by atoms with van der Waals surface area (Å²) in [5.41, 5.74) is 2.48. The van der Waals surface area contributed by atoms with Crippen molar-refractivity contribution in [2.24, 2.45) is 0 Å². The number of carboxylic acids is 1. The molecule has 0 fully saturated rings. The smallest absolute Gasteiger partial charge is 0.336 e. The zero-order chi connectivity index (χ0) is 13.2. The molecule has 3 aromatic rings. The molecule has 0 saturated carbocycles. The molecule has 4 nitrogen and oxygen atoms in total. The van der Waals surface area contributed by atoms with Crippen LogP contribution < -0.4 is 0 Å². The summed E-state index contributed by atoms with van der Waals surface area (Å²) >= 11 is 0. The van der Waals surface area contributed by atoms with Crippen molar-refractivity contribution >= 4 is 16.9 Å². The SMILES string of the molecule is O=C(O)c1ccncc1-c1ccc2cccnc2c1. The van der Waals surface area contributed by atoms with Crippen molar-refractivity contribution in [3.8, 4) is 11.1 Å². The molecular formula is C15H10N2O2. The molecule has 0 aliphatic carbocycles. The fourth-order valence-electron chi connectivity index (χ4n) is 2.04. The first-order chi connectivity index (χ1) is 9.25. The Balaban J connectivity index is 2.22. The Bertz CT molecular complexity index is 769. The van der Waals surface area contributed by atoms with Gasteiger partial charge < -0.3 is 5.11 Å². The second-order valence-electron chi connectivity index (χ2n) is 4.14. The fourth-order valence-corrected chi connectivity index (χ4v) is 2.04. The molecule has 0 spiro atoms. The molecular weight excluding hydrogens is 240 g/mol. The van der Waals surface area contributed by atoms with Gasteiger partial charge >= 0.3 is 5.97 Å². The van der Waals surface area contributed by atoms with E-state index < -0.39 is 5.97 Å². The number of aromatic carboxylic acids is 1. The van der Waals surface area contributed by atoms with Gasteiger partial charge in [-0.15, -0.1) is 0 Å². The Morgan fingerprint density at radius 1 is 1.11 bits per heavy atom. The summed E-state index contributed by atoms with van der Waals surface area (Å²) in [5, 5.41) is 10.2. The quantitative estimate of drug-likeness (QED) is 0.759. The van der Waals surface area contributed by atoms with Crippen LogP contribution in [-0.2, 0) is 0 Å². The van der Waals surface area contributed by atoms with Gasteiger partial charge in [0.2, 0.25) is 0 Å². The van der Waals surface area contributed by atoms with Gasteiger partial charge in [0, 0.05) is 29.5 Å². The van der Waals surface area contributed by atoms with Gasteiger partial charge in [-0.2, -0.15) is 0 Å². The van der Waals surface area contributed by atoms with Crippen LogP contribution in [0.3, 0.4) is 0 Å². The van der Waals surface area contributed by atoms with Gasteiger partial charge in [-0.3, -0.25) is 9.97 Å². The van der Waals surface area contributed by atoms with Crippen molar-refractivity contribution in [1.29, 1.82) is 0 Å². The zero-order valence-corrected chi connectivity index (χ0v) is 9.95. The number of benzene rings is 1. The molecule has 0 bridgehead atoms. The van der Waals surface area contributed by atoms with Crippen LogP contribution in [0, 0.1) is 0 Å². The topological polar surface area (TPSA) is 63.1 Å². The molecule has 92 valence electrons. The van der Waals surface area contributed by atoms with E-state index >= 15 is 0 Å². The van der Waals surface area contributed by atoms with Crippen molar-refractivity contribution in [2.75, 3.05) is 0 Å². The summed E-state index contributed by atoms with van der Waals surface area (Å²) in [6, 6.07) is 11.0. The molecule has 1 N–H and O–H groups in total. The molecule has 1 aromatic carbocycles. The van der Waals surface area contributed by atoms with Gasteiger partial charge in [-0.1, -0.05) is 18.2 Å². The summed E-state index contributed by atoms with van der Waals surface area (Å²) in [6.07, 6.45) is 4.76. The largest absolute Gasteiger partial charge is 0.478 e. The number of hydrogen-bond donors (Lipinski definition) is 1. The highest BCUT2D eigenvalue weighted by atomic mass is 16.4. The second kappa shape index (κ2) is 4.49. The van der Waals surface area contributed by atoms with Crippen molar-refractivity contribution < 1.29 is 9.90 Å². The number of carboxylic acid groups (broad SMARTS) is 1. The Hall–Kier alpha value is -2.75. The number of carbonyl (C=O) groups is 1. The number of pyridine rings is 2. The first kappa shape index (κ1) is 11.3. The summed E-state index contributed by atoms with van der Waals surface area (Å²) in [4.78, 5) is 19.5. The van der Waals surface area contributed by atoms with Crippen molar-refractivity contribution in [3.63, 3.8) is 0 Å². The lowest BCUT2D eigenvalue weighted by molar-refractivity contribution is 0.0697. The molecule has 0 atom stereocenters. The number of aromatic nitrogens is 2. The predicted molar refractivity (Wildman–Crippen MR) is 71.9 cm³/mol. The van der Waals surface area contributed by atoms with Crippen LogP contribution in [0.5, 0.6) is 0 Å². The van der Waals surface area contributed by atoms with E-state index in [4.69, 9.17) is 0 Å². The normalized spacial score (nSPS) is 10.5. The highest BCUT2D eigenvalue weighted by Crippen LogP contribution is 2.25. The minimum Gasteiger partial charge on any atom is -0.478 e. The maximum Gasteiger partial charge on any atom is 0.336 e. The number of nitrogens with zero attached hydrogens (tertiary/aromatic N) is 2. The fraction of sp³-hybridized carbons (Fsp3) is 0. The van der Waals surface area contributed by atoms with Crippen LogP contribution in [0.4, 0.5) is 0 Å². The van der Waals surface area contributed by atoms with E-state index in [0.717, 1.165) is 16.5 Å². The Labute approximate surface area is 109 Å². The molecule has 2 aromatic heterocycles. The highest BCUT2D eigenvalue weighted by molar-refractivity contribution is 5.97. The standard InChI is InChI=1S/C15H10N2O2/c18-15(19)12-5-7-16-9-13(12)11-4-3-10-2-1-6-17-14(10)8-11/h1-9H,(H,18,19). The average Bonchev–Trinajstić information content (AvgIpc) is 2.46. The molecule has 0 unspecified atom stereocenters. The second-order valence-corrected chi connectivity index (χ2v) is 4.14. The van der Waals surface area contributed by atoms with E-state index in [0.29, 0.717) is 5.56 Å². The van der Waals surface area contributed by atoms with Crippen LogP contribution in [0.25, 0.3) is 22.0 Å². The lowest BCUT2D eigenvalue weighted by Gasteiger charge is -2.06. The molecule has 19 heavy (non-hydrogen) atoms. The van der Waals surface area contributed by atoms with E-state index in [1.807, 2.05) is 30.3 Å². The van der Waals surface area contributed by atoms with E-state index in [1.165, 1.54) is 12.3 Å². The monoisotopic (exact) mass is 250 g/mol. The minimum absolute atomic E-state index is 0.241. The number of rotatable bonds is 2. The van der Waals surface area contributed by atoms with Crippen LogP contribution in [0.1, 0.15) is 10.4 Å². The molecule has 4 heteroatoms. The Kier molecular flexibility index (Phi) is 2.68. The maximum absolute atomic E-state index is 11.2. The van der Waals surface area contributed by atoms with Crippen molar-refractivity contribution in [1.82, 2.24) is 9.97 Å². The minimum atomic E-state index is -0.960. The molecule has 0 radical (unpaired) electrons. The third-order valence-electron chi connectivity index (χ3n) is 2.97.